The molecule has 0 aliphatic rings. The smallest absolute Gasteiger partial charge is 0.261 e. The lowest BCUT2D eigenvalue weighted by atomic mass is 10.1. The van der Waals surface area contributed by atoms with Gasteiger partial charge in [-0.1, -0.05) is 24.3 Å². The van der Waals surface area contributed by atoms with E-state index in [1.165, 1.54) is 6.07 Å². The van der Waals surface area contributed by atoms with Crippen molar-refractivity contribution in [1.29, 1.82) is 0 Å². The minimum absolute atomic E-state index is 0.119. The van der Waals surface area contributed by atoms with Gasteiger partial charge in [0.2, 0.25) is 0 Å². The molecule has 0 bridgehead atoms. The normalized spacial score (nSPS) is 10.4. The fourth-order valence-corrected chi connectivity index (χ4v) is 2.20. The molecule has 0 atom stereocenters. The monoisotopic (exact) mass is 271 g/mol. The van der Waals surface area contributed by atoms with E-state index in [-0.39, 0.29) is 11.5 Å². The molecule has 0 heterocycles. The number of nitrogens with zero attached hydrogens (tertiary/aromatic N) is 1. The van der Waals surface area contributed by atoms with Gasteiger partial charge in [0.25, 0.3) is 5.91 Å². The molecule has 0 saturated heterocycles. The first-order valence-electron chi connectivity index (χ1n) is 6.68. The Morgan fingerprint density at radius 2 is 1.85 bits per heavy atom. The van der Waals surface area contributed by atoms with Crippen molar-refractivity contribution in [2.24, 2.45) is 0 Å². The predicted molar refractivity (Wildman–Crippen MR) is 79.7 cm³/mol. The van der Waals surface area contributed by atoms with Crippen LogP contribution >= 0.6 is 0 Å². The topological polar surface area (TPSA) is 20.3 Å². The maximum absolute atomic E-state index is 14.1. The summed E-state index contributed by atoms with van der Waals surface area (Å²) in [7, 11) is 0. The summed E-state index contributed by atoms with van der Waals surface area (Å²) >= 11 is 0. The quantitative estimate of drug-likeness (QED) is 0.822. The summed E-state index contributed by atoms with van der Waals surface area (Å²) in [5.74, 6) is -0.747. The van der Waals surface area contributed by atoms with Crippen molar-refractivity contribution in [3.05, 3.63) is 65.0 Å². The molecule has 2 rings (SSSR count). The molecular formula is C17H18FNO. The zero-order valence-electron chi connectivity index (χ0n) is 12.0. The molecule has 0 spiro atoms. The van der Waals surface area contributed by atoms with E-state index in [1.54, 1.807) is 24.0 Å². The van der Waals surface area contributed by atoms with Gasteiger partial charge < -0.3 is 4.90 Å². The van der Waals surface area contributed by atoms with Crippen molar-refractivity contribution in [3.63, 3.8) is 0 Å². The predicted octanol–water partition coefficient (Wildman–Crippen LogP) is 4.11. The molecule has 0 aromatic heterocycles. The molecule has 2 aromatic carbocycles. The number of halogens is 1. The van der Waals surface area contributed by atoms with Gasteiger partial charge in [-0.05, 0) is 50.1 Å². The molecule has 0 saturated carbocycles. The molecule has 0 radical (unpaired) electrons. The molecule has 20 heavy (non-hydrogen) atoms. The average molecular weight is 271 g/mol. The van der Waals surface area contributed by atoms with Crippen LogP contribution in [0.2, 0.25) is 0 Å². The van der Waals surface area contributed by atoms with Gasteiger partial charge in [0.05, 0.1) is 5.56 Å². The molecular weight excluding hydrogens is 253 g/mol. The summed E-state index contributed by atoms with van der Waals surface area (Å²) in [6.45, 7) is 6.01. The van der Waals surface area contributed by atoms with Gasteiger partial charge in [0, 0.05) is 12.2 Å². The van der Waals surface area contributed by atoms with Gasteiger partial charge >= 0.3 is 0 Å². The maximum Gasteiger partial charge on any atom is 0.261 e. The SMILES string of the molecule is CCN(C(=O)c1cccc(C)c1F)c1cccc(C)c1. The Morgan fingerprint density at radius 1 is 1.15 bits per heavy atom. The summed E-state index contributed by atoms with van der Waals surface area (Å²) in [6, 6.07) is 12.5. The molecule has 104 valence electrons. The number of anilines is 1. The third-order valence-electron chi connectivity index (χ3n) is 3.30. The van der Waals surface area contributed by atoms with Crippen LogP contribution in [0.1, 0.15) is 28.4 Å². The second-order valence-corrected chi connectivity index (χ2v) is 4.82. The van der Waals surface area contributed by atoms with Gasteiger partial charge in [0.15, 0.2) is 0 Å². The summed E-state index contributed by atoms with van der Waals surface area (Å²) in [6.07, 6.45) is 0. The van der Waals surface area contributed by atoms with Gasteiger partial charge in [-0.2, -0.15) is 0 Å². The lowest BCUT2D eigenvalue weighted by Gasteiger charge is -2.22. The first-order valence-corrected chi connectivity index (χ1v) is 6.68. The Balaban J connectivity index is 2.42. The summed E-state index contributed by atoms with van der Waals surface area (Å²) in [4.78, 5) is 14.1. The van der Waals surface area contributed by atoms with E-state index in [4.69, 9.17) is 0 Å². The lowest BCUT2D eigenvalue weighted by Crippen LogP contribution is -2.31. The number of carbonyl (C=O) groups is 1. The molecule has 2 nitrogen and oxygen atoms in total. The maximum atomic E-state index is 14.1. The highest BCUT2D eigenvalue weighted by Gasteiger charge is 2.20. The van der Waals surface area contributed by atoms with Crippen molar-refractivity contribution < 1.29 is 9.18 Å². The Morgan fingerprint density at radius 3 is 2.50 bits per heavy atom. The number of rotatable bonds is 3. The lowest BCUT2D eigenvalue weighted by molar-refractivity contribution is 0.0984. The average Bonchev–Trinajstić information content (AvgIpc) is 2.42. The van der Waals surface area contributed by atoms with E-state index >= 15 is 0 Å². The first kappa shape index (κ1) is 14.3. The summed E-state index contributed by atoms with van der Waals surface area (Å²) < 4.78 is 14.1. The third kappa shape index (κ3) is 2.72. The first-order chi connectivity index (χ1) is 9.54. The molecule has 0 aliphatic carbocycles. The Bertz CT molecular complexity index is 637. The molecule has 1 amide bonds. The number of hydrogen-bond acceptors (Lipinski definition) is 1. The molecule has 0 fully saturated rings. The molecule has 0 aliphatic heterocycles. The van der Waals surface area contributed by atoms with Crippen molar-refractivity contribution in [1.82, 2.24) is 0 Å². The van der Waals surface area contributed by atoms with Crippen molar-refractivity contribution in [3.8, 4) is 0 Å². The van der Waals surface area contributed by atoms with E-state index in [0.29, 0.717) is 12.1 Å². The largest absolute Gasteiger partial charge is 0.309 e. The van der Waals surface area contributed by atoms with Crippen molar-refractivity contribution >= 4 is 11.6 Å². The highest BCUT2D eigenvalue weighted by molar-refractivity contribution is 6.06. The van der Waals surface area contributed by atoms with E-state index < -0.39 is 5.82 Å². The Hall–Kier alpha value is -2.16. The number of aryl methyl sites for hydroxylation is 2. The van der Waals surface area contributed by atoms with Crippen molar-refractivity contribution in [2.45, 2.75) is 20.8 Å². The van der Waals surface area contributed by atoms with Gasteiger partial charge in [-0.25, -0.2) is 4.39 Å². The fourth-order valence-electron chi connectivity index (χ4n) is 2.20. The second kappa shape index (κ2) is 5.87. The van der Waals surface area contributed by atoms with Crippen LogP contribution in [0, 0.1) is 19.7 Å². The third-order valence-corrected chi connectivity index (χ3v) is 3.30. The number of hydrogen-bond donors (Lipinski definition) is 0. The highest BCUT2D eigenvalue weighted by Crippen LogP contribution is 2.21. The van der Waals surface area contributed by atoms with Crippen LogP contribution in [0.3, 0.4) is 0 Å². The fraction of sp³-hybridized carbons (Fsp3) is 0.235. The van der Waals surface area contributed by atoms with Crippen LogP contribution in [0.15, 0.2) is 42.5 Å². The van der Waals surface area contributed by atoms with E-state index in [9.17, 15) is 9.18 Å². The molecule has 3 heteroatoms. The Kier molecular flexibility index (Phi) is 4.18. The highest BCUT2D eigenvalue weighted by atomic mass is 19.1. The zero-order chi connectivity index (χ0) is 14.7. The summed E-state index contributed by atoms with van der Waals surface area (Å²) in [5.41, 5.74) is 2.46. The van der Waals surface area contributed by atoms with Gasteiger partial charge in [-0.3, -0.25) is 4.79 Å². The van der Waals surface area contributed by atoms with Crippen LogP contribution in [0.25, 0.3) is 0 Å². The van der Waals surface area contributed by atoms with Crippen LogP contribution in [0.4, 0.5) is 10.1 Å². The van der Waals surface area contributed by atoms with Crippen LogP contribution < -0.4 is 4.90 Å². The van der Waals surface area contributed by atoms with Crippen LogP contribution in [-0.4, -0.2) is 12.5 Å². The summed E-state index contributed by atoms with van der Waals surface area (Å²) in [5, 5.41) is 0. The zero-order valence-corrected chi connectivity index (χ0v) is 12.0. The van der Waals surface area contributed by atoms with E-state index in [1.807, 2.05) is 38.1 Å². The molecule has 0 N–H and O–H groups in total. The van der Waals surface area contributed by atoms with E-state index in [0.717, 1.165) is 11.3 Å². The molecule has 2 aromatic rings. The molecule has 0 unspecified atom stereocenters. The second-order valence-electron chi connectivity index (χ2n) is 4.82. The number of benzene rings is 2. The number of amides is 1. The minimum atomic E-state index is -0.441. The standard InChI is InChI=1S/C17H18FNO/c1-4-19(14-9-5-7-12(2)11-14)17(20)15-10-6-8-13(3)16(15)18/h5-11H,4H2,1-3H3. The van der Waals surface area contributed by atoms with Crippen LogP contribution in [0.5, 0.6) is 0 Å². The Labute approximate surface area is 118 Å². The number of carbonyl (C=O) groups excluding carboxylic acids is 1. The van der Waals surface area contributed by atoms with Gasteiger partial charge in [0.1, 0.15) is 5.82 Å². The van der Waals surface area contributed by atoms with Crippen LogP contribution in [-0.2, 0) is 0 Å². The van der Waals surface area contributed by atoms with Crippen molar-refractivity contribution in [2.75, 3.05) is 11.4 Å². The minimum Gasteiger partial charge on any atom is -0.309 e. The van der Waals surface area contributed by atoms with E-state index in [2.05, 4.69) is 0 Å². The van der Waals surface area contributed by atoms with Gasteiger partial charge in [-0.15, -0.1) is 0 Å².